The van der Waals surface area contributed by atoms with Gasteiger partial charge in [0.2, 0.25) is 10.0 Å². The molecule has 2 aromatic heterocycles. The Balaban J connectivity index is 1.21. The molecule has 0 saturated heterocycles. The molecule has 0 amide bonds. The van der Waals surface area contributed by atoms with Crippen molar-refractivity contribution in [3.63, 3.8) is 0 Å². The Labute approximate surface area is 177 Å². The molecule has 1 unspecified atom stereocenters. The van der Waals surface area contributed by atoms with Gasteiger partial charge in [-0.05, 0) is 36.3 Å². The number of sulfonamides is 1. The summed E-state index contributed by atoms with van der Waals surface area (Å²) in [5, 5.41) is 17.4. The number of hydrogen-bond donors (Lipinski definition) is 2. The number of hydrogen-bond acceptors (Lipinski definition) is 9. The zero-order valence-electron chi connectivity index (χ0n) is 16.3. The molecule has 4 heterocycles. The SMILES string of the molecule is Cc1cc(CNC(O)N2CC3=C(C2)CN(S(=O)(=O)c2ccc4ncsc4c2)C3)no1. The van der Waals surface area contributed by atoms with E-state index in [2.05, 4.69) is 15.5 Å². The summed E-state index contributed by atoms with van der Waals surface area (Å²) in [5.41, 5.74) is 5.34. The third-order valence-corrected chi connectivity index (χ3v) is 8.03. The molecule has 11 heteroatoms. The van der Waals surface area contributed by atoms with Crippen LogP contribution in [0, 0.1) is 6.92 Å². The molecule has 0 radical (unpaired) electrons. The van der Waals surface area contributed by atoms with Gasteiger partial charge in [0.15, 0.2) is 6.35 Å². The predicted octanol–water partition coefficient (Wildman–Crippen LogP) is 1.27. The van der Waals surface area contributed by atoms with E-state index in [-0.39, 0.29) is 0 Å². The molecule has 158 valence electrons. The van der Waals surface area contributed by atoms with Crippen LogP contribution in [-0.2, 0) is 16.6 Å². The standard InChI is InChI=1S/C19H21N5O4S2/c1-12-4-15(22-28-12)6-20-19(25)23-7-13-9-24(10-14(13)8-23)30(26,27)16-2-3-17-18(5-16)29-11-21-17/h2-5,11,19-20,25H,6-10H2,1H3. The van der Waals surface area contributed by atoms with Crippen LogP contribution in [0.25, 0.3) is 10.2 Å². The van der Waals surface area contributed by atoms with Crippen molar-refractivity contribution < 1.29 is 18.0 Å². The predicted molar refractivity (Wildman–Crippen MR) is 111 cm³/mol. The maximum atomic E-state index is 13.1. The van der Waals surface area contributed by atoms with Crippen LogP contribution in [0.1, 0.15) is 11.5 Å². The maximum absolute atomic E-state index is 13.1. The quantitative estimate of drug-likeness (QED) is 0.429. The molecular weight excluding hydrogens is 426 g/mol. The highest BCUT2D eigenvalue weighted by atomic mass is 32.2. The van der Waals surface area contributed by atoms with Crippen LogP contribution in [0.15, 0.2) is 50.3 Å². The minimum Gasteiger partial charge on any atom is -0.365 e. The maximum Gasteiger partial charge on any atom is 0.243 e. The number of aliphatic hydroxyl groups excluding tert-OH is 1. The van der Waals surface area contributed by atoms with Gasteiger partial charge in [-0.3, -0.25) is 10.2 Å². The van der Waals surface area contributed by atoms with E-state index in [0.29, 0.717) is 37.6 Å². The summed E-state index contributed by atoms with van der Waals surface area (Å²) < 4.78 is 33.6. The average Bonchev–Trinajstić information content (AvgIpc) is 3.48. The first-order chi connectivity index (χ1) is 14.4. The Morgan fingerprint density at radius 1 is 1.23 bits per heavy atom. The van der Waals surface area contributed by atoms with Crippen molar-refractivity contribution in [2.75, 3.05) is 26.2 Å². The fourth-order valence-electron chi connectivity index (χ4n) is 3.89. The number of nitrogens with one attached hydrogen (secondary N) is 1. The third kappa shape index (κ3) is 3.57. The topological polar surface area (TPSA) is 112 Å². The lowest BCUT2D eigenvalue weighted by Gasteiger charge is -2.26. The number of rotatable bonds is 6. The van der Waals surface area contributed by atoms with E-state index in [1.807, 2.05) is 17.9 Å². The molecule has 30 heavy (non-hydrogen) atoms. The molecule has 0 aliphatic carbocycles. The second kappa shape index (κ2) is 7.52. The Morgan fingerprint density at radius 2 is 2.00 bits per heavy atom. The molecule has 2 aliphatic rings. The molecule has 0 fully saturated rings. The van der Waals surface area contributed by atoms with Crippen LogP contribution in [-0.4, -0.2) is 65.4 Å². The normalized spacial score (nSPS) is 19.1. The summed E-state index contributed by atoms with van der Waals surface area (Å²) in [7, 11) is -3.58. The molecule has 0 spiro atoms. The van der Waals surface area contributed by atoms with Gasteiger partial charge in [-0.2, -0.15) is 4.31 Å². The summed E-state index contributed by atoms with van der Waals surface area (Å²) >= 11 is 1.43. The summed E-state index contributed by atoms with van der Waals surface area (Å²) in [5.74, 6) is 0.721. The molecule has 2 N–H and O–H groups in total. The molecule has 1 aromatic carbocycles. The van der Waals surface area contributed by atoms with Crippen LogP contribution in [0.2, 0.25) is 0 Å². The lowest BCUT2D eigenvalue weighted by Crippen LogP contribution is -2.46. The Morgan fingerprint density at radius 3 is 2.70 bits per heavy atom. The Bertz CT molecular complexity index is 1210. The highest BCUT2D eigenvalue weighted by Gasteiger charge is 2.37. The van der Waals surface area contributed by atoms with Crippen LogP contribution in [0.3, 0.4) is 0 Å². The first-order valence-corrected chi connectivity index (χ1v) is 11.8. The fourth-order valence-corrected chi connectivity index (χ4v) is 6.14. The van der Waals surface area contributed by atoms with E-state index < -0.39 is 16.4 Å². The Hall–Kier alpha value is -2.15. The molecular formula is C19H21N5O4S2. The van der Waals surface area contributed by atoms with Crippen molar-refractivity contribution >= 4 is 31.6 Å². The molecule has 0 saturated carbocycles. The van der Waals surface area contributed by atoms with Crippen LogP contribution in [0.4, 0.5) is 0 Å². The summed E-state index contributed by atoms with van der Waals surface area (Å²) in [6.07, 6.45) is -0.841. The van der Waals surface area contributed by atoms with E-state index in [4.69, 9.17) is 4.52 Å². The van der Waals surface area contributed by atoms with Gasteiger partial charge in [0.1, 0.15) is 5.76 Å². The van der Waals surface area contributed by atoms with Gasteiger partial charge in [-0.15, -0.1) is 11.3 Å². The lowest BCUT2D eigenvalue weighted by molar-refractivity contribution is -0.00849. The molecule has 0 bridgehead atoms. The minimum atomic E-state index is -3.58. The number of aliphatic hydroxyl groups is 1. The highest BCUT2D eigenvalue weighted by Crippen LogP contribution is 2.31. The van der Waals surface area contributed by atoms with Crippen molar-refractivity contribution in [1.82, 2.24) is 24.7 Å². The van der Waals surface area contributed by atoms with Gasteiger partial charge in [0.05, 0.1) is 26.3 Å². The number of aromatic nitrogens is 2. The molecule has 1 atom stereocenters. The molecule has 5 rings (SSSR count). The first-order valence-electron chi connectivity index (χ1n) is 9.51. The second-order valence-corrected chi connectivity index (χ2v) is 10.4. The Kier molecular flexibility index (Phi) is 4.96. The number of nitrogens with zero attached hydrogens (tertiary/aromatic N) is 4. The smallest absolute Gasteiger partial charge is 0.243 e. The number of aryl methyl sites for hydroxylation is 1. The van der Waals surface area contributed by atoms with E-state index in [1.54, 1.807) is 23.7 Å². The second-order valence-electron chi connectivity index (χ2n) is 7.55. The van der Waals surface area contributed by atoms with E-state index in [1.165, 1.54) is 15.6 Å². The number of fused-ring (bicyclic) bond motifs is 1. The zero-order valence-corrected chi connectivity index (χ0v) is 17.9. The summed E-state index contributed by atoms with van der Waals surface area (Å²) in [6, 6.07) is 6.87. The molecule has 3 aromatic rings. The fraction of sp³-hybridized carbons (Fsp3) is 0.368. The first kappa shape index (κ1) is 19.8. The largest absolute Gasteiger partial charge is 0.365 e. The monoisotopic (exact) mass is 447 g/mol. The molecule has 2 aliphatic heterocycles. The van der Waals surface area contributed by atoms with Crippen LogP contribution < -0.4 is 5.32 Å². The van der Waals surface area contributed by atoms with Gasteiger partial charge in [-0.25, -0.2) is 13.4 Å². The van der Waals surface area contributed by atoms with Gasteiger partial charge in [0.25, 0.3) is 0 Å². The van der Waals surface area contributed by atoms with Crippen molar-refractivity contribution in [3.8, 4) is 0 Å². The van der Waals surface area contributed by atoms with Gasteiger partial charge < -0.3 is 9.63 Å². The zero-order chi connectivity index (χ0) is 20.9. The van der Waals surface area contributed by atoms with Crippen LogP contribution >= 0.6 is 11.3 Å². The van der Waals surface area contributed by atoms with Gasteiger partial charge >= 0.3 is 0 Å². The minimum absolute atomic E-state index is 0.293. The number of thiazole rings is 1. The van der Waals surface area contributed by atoms with Crippen molar-refractivity contribution in [3.05, 3.63) is 52.4 Å². The van der Waals surface area contributed by atoms with Crippen molar-refractivity contribution in [2.24, 2.45) is 0 Å². The third-order valence-electron chi connectivity index (χ3n) is 5.45. The highest BCUT2D eigenvalue weighted by molar-refractivity contribution is 7.89. The number of benzene rings is 1. The van der Waals surface area contributed by atoms with E-state index in [9.17, 15) is 13.5 Å². The van der Waals surface area contributed by atoms with Crippen LogP contribution in [0.5, 0.6) is 0 Å². The summed E-state index contributed by atoms with van der Waals surface area (Å²) in [6.45, 7) is 3.97. The van der Waals surface area contributed by atoms with Crippen molar-refractivity contribution in [2.45, 2.75) is 24.7 Å². The summed E-state index contributed by atoms with van der Waals surface area (Å²) in [4.78, 5) is 6.38. The molecule has 9 nitrogen and oxygen atoms in total. The average molecular weight is 448 g/mol. The van der Waals surface area contributed by atoms with E-state index >= 15 is 0 Å². The van der Waals surface area contributed by atoms with Crippen molar-refractivity contribution in [1.29, 1.82) is 0 Å². The van der Waals surface area contributed by atoms with E-state index in [0.717, 1.165) is 32.8 Å². The van der Waals surface area contributed by atoms with Gasteiger partial charge in [0, 0.05) is 38.8 Å². The lowest BCUT2D eigenvalue weighted by atomic mass is 10.2. The van der Waals surface area contributed by atoms with Gasteiger partial charge in [-0.1, -0.05) is 5.16 Å².